The summed E-state index contributed by atoms with van der Waals surface area (Å²) in [6, 6.07) is 15.4. The Morgan fingerprint density at radius 1 is 1.03 bits per heavy atom. The van der Waals surface area contributed by atoms with E-state index in [-0.39, 0.29) is 17.2 Å². The molecule has 2 heterocycles. The fraction of sp³-hybridized carbons (Fsp3) is 0.273. The van der Waals surface area contributed by atoms with E-state index < -0.39 is 27.8 Å². The van der Waals surface area contributed by atoms with Gasteiger partial charge in [-0.15, -0.1) is 0 Å². The van der Waals surface area contributed by atoms with Crippen molar-refractivity contribution in [1.82, 2.24) is 15.2 Å². The molecule has 0 aliphatic carbocycles. The average Bonchev–Trinajstić information content (AvgIpc) is 3.14. The number of fused-ring (bicyclic) bond motifs is 1. The van der Waals surface area contributed by atoms with Gasteiger partial charge in [0.25, 0.3) is 0 Å². The van der Waals surface area contributed by atoms with Gasteiger partial charge in [0.2, 0.25) is 15.9 Å². The van der Waals surface area contributed by atoms with Crippen molar-refractivity contribution in [3.8, 4) is 0 Å². The van der Waals surface area contributed by atoms with E-state index in [9.17, 15) is 18.0 Å². The topological polar surface area (TPSA) is 109 Å². The molecule has 3 aromatic rings. The number of piperidine rings is 1. The van der Waals surface area contributed by atoms with E-state index in [2.05, 4.69) is 10.9 Å². The van der Waals surface area contributed by atoms with Crippen LogP contribution in [0.3, 0.4) is 0 Å². The summed E-state index contributed by atoms with van der Waals surface area (Å²) in [6.45, 7) is 2.18. The first-order valence-electron chi connectivity index (χ1n) is 10.0. The zero-order chi connectivity index (χ0) is 22.0. The number of para-hydroxylation sites is 1. The van der Waals surface area contributed by atoms with Gasteiger partial charge in [0.1, 0.15) is 5.58 Å². The zero-order valence-corrected chi connectivity index (χ0v) is 17.8. The quantitative estimate of drug-likeness (QED) is 0.605. The van der Waals surface area contributed by atoms with Crippen molar-refractivity contribution < 1.29 is 22.4 Å². The lowest BCUT2D eigenvalue weighted by molar-refractivity contribution is -0.126. The lowest BCUT2D eigenvalue weighted by atomic mass is 9.99. The largest absolute Gasteiger partial charge is 0.451 e. The van der Waals surface area contributed by atoms with Crippen molar-refractivity contribution >= 4 is 32.8 Å². The molecule has 0 bridgehead atoms. The first kappa shape index (κ1) is 21.1. The molecule has 162 valence electrons. The maximum Gasteiger partial charge on any atom is 0.305 e. The minimum absolute atomic E-state index is 0.0581. The molecule has 1 atom stereocenters. The number of hydrazine groups is 1. The van der Waals surface area contributed by atoms with Crippen LogP contribution in [0.15, 0.2) is 63.9 Å². The van der Waals surface area contributed by atoms with Gasteiger partial charge in [-0.1, -0.05) is 36.4 Å². The maximum absolute atomic E-state index is 12.8. The van der Waals surface area contributed by atoms with Gasteiger partial charge in [0.15, 0.2) is 5.76 Å². The van der Waals surface area contributed by atoms with Crippen LogP contribution in [0.1, 0.15) is 29.0 Å². The molecule has 31 heavy (non-hydrogen) atoms. The highest BCUT2D eigenvalue weighted by Crippen LogP contribution is 2.25. The number of hydrogen-bond acceptors (Lipinski definition) is 5. The van der Waals surface area contributed by atoms with E-state index in [1.807, 2.05) is 18.2 Å². The number of amides is 2. The second kappa shape index (κ2) is 8.52. The fourth-order valence-corrected chi connectivity index (χ4v) is 5.33. The Morgan fingerprint density at radius 2 is 1.74 bits per heavy atom. The predicted molar refractivity (Wildman–Crippen MR) is 114 cm³/mol. The molecule has 0 saturated carbocycles. The standard InChI is InChI=1S/C22H23N3O5S/c1-15-18-11-5-6-12-19(18)30-20(15)22(27)24-23-21(26)16-8-7-13-25(14-16)31(28,29)17-9-3-2-4-10-17/h2-6,9-12,16H,7-8,13-14H2,1H3,(H,23,26)(H,24,27). The number of benzene rings is 2. The molecule has 2 N–H and O–H groups in total. The molecule has 0 radical (unpaired) electrons. The third-order valence-electron chi connectivity index (χ3n) is 5.49. The van der Waals surface area contributed by atoms with Crippen molar-refractivity contribution in [2.24, 2.45) is 5.92 Å². The number of sulfonamides is 1. The summed E-state index contributed by atoms with van der Waals surface area (Å²) in [5, 5.41) is 0.827. The maximum atomic E-state index is 12.8. The molecule has 8 nitrogen and oxygen atoms in total. The number of hydrogen-bond donors (Lipinski definition) is 2. The van der Waals surface area contributed by atoms with E-state index in [0.717, 1.165) is 5.39 Å². The molecule has 1 aliphatic rings. The highest BCUT2D eigenvalue weighted by molar-refractivity contribution is 7.89. The number of nitrogens with one attached hydrogen (secondary N) is 2. The highest BCUT2D eigenvalue weighted by atomic mass is 32.2. The van der Waals surface area contributed by atoms with Gasteiger partial charge in [-0.2, -0.15) is 4.31 Å². The molecule has 1 fully saturated rings. The summed E-state index contributed by atoms with van der Waals surface area (Å²) < 4.78 is 32.6. The van der Waals surface area contributed by atoms with Gasteiger partial charge in [0.05, 0.1) is 10.8 Å². The SMILES string of the molecule is Cc1c(C(=O)NNC(=O)C2CCCN(S(=O)(=O)c3ccccc3)C2)oc2ccccc12. The minimum Gasteiger partial charge on any atom is -0.451 e. The van der Waals surface area contributed by atoms with Crippen molar-refractivity contribution in [2.45, 2.75) is 24.7 Å². The highest BCUT2D eigenvalue weighted by Gasteiger charge is 2.33. The first-order chi connectivity index (χ1) is 14.9. The lowest BCUT2D eigenvalue weighted by Crippen LogP contribution is -2.50. The third-order valence-corrected chi connectivity index (χ3v) is 7.36. The van der Waals surface area contributed by atoms with Gasteiger partial charge in [-0.25, -0.2) is 8.42 Å². The van der Waals surface area contributed by atoms with Crippen LogP contribution < -0.4 is 10.9 Å². The van der Waals surface area contributed by atoms with Gasteiger partial charge < -0.3 is 4.42 Å². The summed E-state index contributed by atoms with van der Waals surface area (Å²) in [4.78, 5) is 25.3. The molecule has 2 amide bonds. The van der Waals surface area contributed by atoms with Crippen molar-refractivity contribution in [3.05, 3.63) is 65.9 Å². The summed E-state index contributed by atoms with van der Waals surface area (Å²) in [5.41, 5.74) is 6.07. The van der Waals surface area contributed by atoms with Crippen LogP contribution in [0.5, 0.6) is 0 Å². The molecule has 1 unspecified atom stereocenters. The number of carbonyl (C=O) groups excluding carboxylic acids is 2. The van der Waals surface area contributed by atoms with Crippen LogP contribution in [0.2, 0.25) is 0 Å². The average molecular weight is 442 g/mol. The number of rotatable bonds is 4. The molecule has 0 spiro atoms. The van der Waals surface area contributed by atoms with Crippen LogP contribution >= 0.6 is 0 Å². The number of carbonyl (C=O) groups is 2. The Labute approximate surface area is 180 Å². The van der Waals surface area contributed by atoms with Crippen LogP contribution in [-0.4, -0.2) is 37.6 Å². The molecule has 2 aromatic carbocycles. The molecular weight excluding hydrogens is 418 g/mol. The van der Waals surface area contributed by atoms with Crippen LogP contribution in [0.25, 0.3) is 11.0 Å². The van der Waals surface area contributed by atoms with E-state index >= 15 is 0 Å². The first-order valence-corrected chi connectivity index (χ1v) is 11.5. The molecule has 1 aliphatic heterocycles. The number of furan rings is 1. The van der Waals surface area contributed by atoms with Gasteiger partial charge in [-0.05, 0) is 38.0 Å². The van der Waals surface area contributed by atoms with Crippen LogP contribution in [-0.2, 0) is 14.8 Å². The second-order valence-electron chi connectivity index (χ2n) is 7.51. The fourth-order valence-electron chi connectivity index (χ4n) is 3.78. The van der Waals surface area contributed by atoms with E-state index in [0.29, 0.717) is 30.5 Å². The van der Waals surface area contributed by atoms with Crippen LogP contribution in [0, 0.1) is 12.8 Å². The monoisotopic (exact) mass is 441 g/mol. The van der Waals surface area contributed by atoms with E-state index in [1.54, 1.807) is 31.2 Å². The Bertz CT molecular complexity index is 1220. The van der Waals surface area contributed by atoms with E-state index in [1.165, 1.54) is 16.4 Å². The lowest BCUT2D eigenvalue weighted by Gasteiger charge is -2.31. The predicted octanol–water partition coefficient (Wildman–Crippen LogP) is 2.60. The van der Waals surface area contributed by atoms with E-state index in [4.69, 9.17) is 4.42 Å². The third kappa shape index (κ3) is 4.19. The summed E-state index contributed by atoms with van der Waals surface area (Å²) in [5.74, 6) is -1.44. The van der Waals surface area contributed by atoms with Crippen molar-refractivity contribution in [2.75, 3.05) is 13.1 Å². The van der Waals surface area contributed by atoms with Crippen LogP contribution in [0.4, 0.5) is 0 Å². The Balaban J connectivity index is 1.40. The van der Waals surface area contributed by atoms with Gasteiger partial charge in [-0.3, -0.25) is 20.4 Å². The smallest absolute Gasteiger partial charge is 0.305 e. The molecular formula is C22H23N3O5S. The summed E-state index contributed by atoms with van der Waals surface area (Å²) in [6.07, 6.45) is 1.09. The van der Waals surface area contributed by atoms with Gasteiger partial charge >= 0.3 is 5.91 Å². The minimum atomic E-state index is -3.67. The summed E-state index contributed by atoms with van der Waals surface area (Å²) >= 11 is 0. The number of nitrogens with zero attached hydrogens (tertiary/aromatic N) is 1. The molecule has 1 saturated heterocycles. The second-order valence-corrected chi connectivity index (χ2v) is 9.45. The van der Waals surface area contributed by atoms with Crippen molar-refractivity contribution in [3.63, 3.8) is 0 Å². The normalized spacial score (nSPS) is 17.4. The molecule has 9 heteroatoms. The Hall–Kier alpha value is -3.17. The Kier molecular flexibility index (Phi) is 5.79. The van der Waals surface area contributed by atoms with Crippen molar-refractivity contribution in [1.29, 1.82) is 0 Å². The Morgan fingerprint density at radius 3 is 2.48 bits per heavy atom. The molecule has 4 rings (SSSR count). The number of aryl methyl sites for hydroxylation is 1. The van der Waals surface area contributed by atoms with Gasteiger partial charge in [0, 0.05) is 24.0 Å². The zero-order valence-electron chi connectivity index (χ0n) is 17.0. The summed E-state index contributed by atoms with van der Waals surface area (Å²) in [7, 11) is -3.67. The molecule has 1 aromatic heterocycles.